The molecular formula is C14H17FN2O5S. The highest BCUT2D eigenvalue weighted by atomic mass is 32.2. The number of nitrogens with one attached hydrogen (secondary N) is 2. The van der Waals surface area contributed by atoms with Gasteiger partial charge in [-0.1, -0.05) is 0 Å². The van der Waals surface area contributed by atoms with E-state index in [1.165, 1.54) is 6.07 Å². The summed E-state index contributed by atoms with van der Waals surface area (Å²) in [5.74, 6) is -2.75. The van der Waals surface area contributed by atoms with E-state index in [1.54, 1.807) is 0 Å². The van der Waals surface area contributed by atoms with E-state index in [1.807, 2.05) is 0 Å². The standard InChI is InChI=1S/C14H17FN2O5S/c1-23(21,22)17-12-5-3-9(15)7-11(12)13(18)16-10-4-2-8(6-10)14(19)20/h3,5,7-8,10,17H,2,4,6H2,1H3,(H,16,18)(H,19,20)/t8-,10+/m0/s1. The lowest BCUT2D eigenvalue weighted by Gasteiger charge is -2.15. The van der Waals surface area contributed by atoms with Crippen molar-refractivity contribution in [1.29, 1.82) is 0 Å². The van der Waals surface area contributed by atoms with Crippen molar-refractivity contribution in [3.63, 3.8) is 0 Å². The number of carboxylic acid groups (broad SMARTS) is 1. The fourth-order valence-corrected chi connectivity index (χ4v) is 3.17. The molecule has 2 rings (SSSR count). The van der Waals surface area contributed by atoms with Gasteiger partial charge in [-0.25, -0.2) is 12.8 Å². The number of aliphatic carboxylic acids is 1. The molecule has 0 aliphatic heterocycles. The fraction of sp³-hybridized carbons (Fsp3) is 0.429. The summed E-state index contributed by atoms with van der Waals surface area (Å²) in [6.07, 6.45) is 2.18. The summed E-state index contributed by atoms with van der Waals surface area (Å²) in [4.78, 5) is 23.2. The molecule has 1 aliphatic carbocycles. The maximum absolute atomic E-state index is 13.4. The first-order chi connectivity index (χ1) is 10.7. The van der Waals surface area contributed by atoms with Gasteiger partial charge in [-0.2, -0.15) is 0 Å². The lowest BCUT2D eigenvalue weighted by Crippen LogP contribution is -2.34. The van der Waals surface area contributed by atoms with Crippen molar-refractivity contribution < 1.29 is 27.5 Å². The number of hydrogen-bond donors (Lipinski definition) is 3. The molecule has 1 amide bonds. The zero-order valence-electron chi connectivity index (χ0n) is 12.4. The maximum Gasteiger partial charge on any atom is 0.306 e. The van der Waals surface area contributed by atoms with Crippen molar-refractivity contribution in [2.45, 2.75) is 25.3 Å². The highest BCUT2D eigenvalue weighted by Gasteiger charge is 2.31. The second-order valence-electron chi connectivity index (χ2n) is 5.58. The predicted molar refractivity (Wildman–Crippen MR) is 81.1 cm³/mol. The molecule has 0 bridgehead atoms. The van der Waals surface area contributed by atoms with Gasteiger partial charge in [0.2, 0.25) is 10.0 Å². The van der Waals surface area contributed by atoms with Crippen LogP contribution in [0.1, 0.15) is 29.6 Å². The number of hydrogen-bond acceptors (Lipinski definition) is 4. The minimum Gasteiger partial charge on any atom is -0.481 e. The minimum atomic E-state index is -3.62. The number of amides is 1. The monoisotopic (exact) mass is 344 g/mol. The van der Waals surface area contributed by atoms with Gasteiger partial charge in [0.1, 0.15) is 5.82 Å². The zero-order chi connectivity index (χ0) is 17.2. The van der Waals surface area contributed by atoms with Gasteiger partial charge in [-0.05, 0) is 37.5 Å². The molecule has 1 aromatic rings. The number of benzene rings is 1. The second-order valence-corrected chi connectivity index (χ2v) is 7.33. The molecule has 1 aliphatic rings. The summed E-state index contributed by atoms with van der Waals surface area (Å²) >= 11 is 0. The average molecular weight is 344 g/mol. The van der Waals surface area contributed by atoms with Crippen LogP contribution in [0.5, 0.6) is 0 Å². The Hall–Kier alpha value is -2.16. The smallest absolute Gasteiger partial charge is 0.306 e. The fourth-order valence-electron chi connectivity index (χ4n) is 2.59. The van der Waals surface area contributed by atoms with E-state index < -0.39 is 33.6 Å². The van der Waals surface area contributed by atoms with Gasteiger partial charge in [0.05, 0.1) is 23.4 Å². The van der Waals surface area contributed by atoms with Crippen LogP contribution in [0.4, 0.5) is 10.1 Å². The van der Waals surface area contributed by atoms with Crippen molar-refractivity contribution >= 4 is 27.6 Å². The van der Waals surface area contributed by atoms with Crippen LogP contribution in [-0.4, -0.2) is 37.7 Å². The van der Waals surface area contributed by atoms with Gasteiger partial charge >= 0.3 is 5.97 Å². The third kappa shape index (κ3) is 4.65. The van der Waals surface area contributed by atoms with Crippen LogP contribution in [0.3, 0.4) is 0 Å². The molecule has 0 unspecified atom stereocenters. The normalized spacial score (nSPS) is 21.0. The van der Waals surface area contributed by atoms with Gasteiger partial charge in [0, 0.05) is 6.04 Å². The second kappa shape index (κ2) is 6.53. The lowest BCUT2D eigenvalue weighted by molar-refractivity contribution is -0.141. The molecule has 0 spiro atoms. The summed E-state index contributed by atoms with van der Waals surface area (Å²) in [6, 6.07) is 2.81. The Morgan fingerprint density at radius 1 is 1.30 bits per heavy atom. The Kier molecular flexibility index (Phi) is 4.88. The Balaban J connectivity index is 2.16. The number of anilines is 1. The Morgan fingerprint density at radius 2 is 2.00 bits per heavy atom. The van der Waals surface area contributed by atoms with E-state index in [2.05, 4.69) is 10.0 Å². The zero-order valence-corrected chi connectivity index (χ0v) is 13.2. The van der Waals surface area contributed by atoms with Crippen LogP contribution >= 0.6 is 0 Å². The molecule has 0 aromatic heterocycles. The Morgan fingerprint density at radius 3 is 2.57 bits per heavy atom. The molecule has 7 nitrogen and oxygen atoms in total. The number of carbonyl (C=O) groups is 2. The number of carbonyl (C=O) groups excluding carboxylic acids is 1. The molecule has 1 aromatic carbocycles. The van der Waals surface area contributed by atoms with Crippen LogP contribution in [-0.2, 0) is 14.8 Å². The van der Waals surface area contributed by atoms with Crippen LogP contribution in [0.25, 0.3) is 0 Å². The highest BCUT2D eigenvalue weighted by molar-refractivity contribution is 7.92. The van der Waals surface area contributed by atoms with E-state index in [-0.39, 0.29) is 17.3 Å². The predicted octanol–water partition coefficient (Wildman–Crippen LogP) is 1.18. The maximum atomic E-state index is 13.4. The molecule has 1 saturated carbocycles. The first-order valence-corrected chi connectivity index (χ1v) is 8.86. The first-order valence-electron chi connectivity index (χ1n) is 6.96. The third-order valence-corrected chi connectivity index (χ3v) is 4.23. The van der Waals surface area contributed by atoms with Gasteiger partial charge in [0.25, 0.3) is 5.91 Å². The summed E-state index contributed by atoms with van der Waals surface area (Å²) in [5.41, 5.74) is -0.173. The molecule has 0 saturated heterocycles. The summed E-state index contributed by atoms with van der Waals surface area (Å²) < 4.78 is 38.2. The molecule has 23 heavy (non-hydrogen) atoms. The third-order valence-electron chi connectivity index (χ3n) is 3.64. The average Bonchev–Trinajstić information content (AvgIpc) is 2.88. The van der Waals surface area contributed by atoms with Crippen molar-refractivity contribution in [3.05, 3.63) is 29.6 Å². The van der Waals surface area contributed by atoms with Crippen LogP contribution < -0.4 is 10.0 Å². The molecule has 1 fully saturated rings. The number of halogens is 1. The van der Waals surface area contributed by atoms with Crippen molar-refractivity contribution in [3.8, 4) is 0 Å². The van der Waals surface area contributed by atoms with E-state index in [4.69, 9.17) is 5.11 Å². The van der Waals surface area contributed by atoms with Crippen molar-refractivity contribution in [1.82, 2.24) is 5.32 Å². The van der Waals surface area contributed by atoms with Gasteiger partial charge in [-0.15, -0.1) is 0 Å². The number of carboxylic acids is 1. The van der Waals surface area contributed by atoms with Crippen molar-refractivity contribution in [2.24, 2.45) is 5.92 Å². The van der Waals surface area contributed by atoms with E-state index in [0.717, 1.165) is 18.4 Å². The van der Waals surface area contributed by atoms with Gasteiger partial charge in [-0.3, -0.25) is 14.3 Å². The number of rotatable bonds is 5. The van der Waals surface area contributed by atoms with E-state index in [0.29, 0.717) is 19.3 Å². The summed E-state index contributed by atoms with van der Waals surface area (Å²) in [6.45, 7) is 0. The van der Waals surface area contributed by atoms with E-state index in [9.17, 15) is 22.4 Å². The molecule has 3 N–H and O–H groups in total. The minimum absolute atomic E-state index is 0.0285. The molecule has 9 heteroatoms. The summed E-state index contributed by atoms with van der Waals surface area (Å²) in [7, 11) is -3.62. The SMILES string of the molecule is CS(=O)(=O)Nc1ccc(F)cc1C(=O)N[C@@H]1CC[C@H](C(=O)O)C1. The molecule has 126 valence electrons. The Labute approximate surface area is 132 Å². The Bertz CT molecular complexity index is 735. The van der Waals surface area contributed by atoms with Crippen LogP contribution in [0, 0.1) is 11.7 Å². The topological polar surface area (TPSA) is 113 Å². The van der Waals surface area contributed by atoms with Crippen LogP contribution in [0.2, 0.25) is 0 Å². The molecular weight excluding hydrogens is 327 g/mol. The van der Waals surface area contributed by atoms with Crippen LogP contribution in [0.15, 0.2) is 18.2 Å². The first kappa shape index (κ1) is 17.2. The highest BCUT2D eigenvalue weighted by Crippen LogP contribution is 2.26. The summed E-state index contributed by atoms with van der Waals surface area (Å²) in [5, 5.41) is 11.6. The van der Waals surface area contributed by atoms with Gasteiger partial charge < -0.3 is 10.4 Å². The quantitative estimate of drug-likeness (QED) is 0.742. The largest absolute Gasteiger partial charge is 0.481 e. The molecule has 2 atom stereocenters. The molecule has 0 heterocycles. The van der Waals surface area contributed by atoms with E-state index >= 15 is 0 Å². The molecule has 0 radical (unpaired) electrons. The lowest BCUT2D eigenvalue weighted by atomic mass is 10.1. The number of sulfonamides is 1. The van der Waals surface area contributed by atoms with Crippen molar-refractivity contribution in [2.75, 3.05) is 11.0 Å². The van der Waals surface area contributed by atoms with Gasteiger partial charge in [0.15, 0.2) is 0 Å².